The molecule has 0 aliphatic carbocycles. The van der Waals surface area contributed by atoms with E-state index in [4.69, 9.17) is 0 Å². The zero-order valence-electron chi connectivity index (χ0n) is 17.9. The Morgan fingerprint density at radius 3 is 2.23 bits per heavy atom. The third-order valence-electron chi connectivity index (χ3n) is 6.06. The Bertz CT molecular complexity index is 1080. The van der Waals surface area contributed by atoms with Gasteiger partial charge in [0.25, 0.3) is 0 Å². The third kappa shape index (κ3) is 4.79. The molecular formula is C30H29N. The monoisotopic (exact) mass is 403 g/mol. The fraction of sp³-hybridized carbons (Fsp3) is 0.167. The first-order valence-electron chi connectivity index (χ1n) is 11.0. The van der Waals surface area contributed by atoms with Crippen LogP contribution in [0.3, 0.4) is 0 Å². The van der Waals surface area contributed by atoms with Crippen molar-refractivity contribution in [2.45, 2.75) is 31.2 Å². The molecule has 0 bridgehead atoms. The summed E-state index contributed by atoms with van der Waals surface area (Å²) in [4.78, 5) is 0. The van der Waals surface area contributed by atoms with Gasteiger partial charge in [0.05, 0.1) is 0 Å². The molecule has 2 atom stereocenters. The van der Waals surface area contributed by atoms with Gasteiger partial charge in [-0.1, -0.05) is 97.6 Å². The van der Waals surface area contributed by atoms with Gasteiger partial charge in [0, 0.05) is 23.7 Å². The predicted molar refractivity (Wildman–Crippen MR) is 133 cm³/mol. The lowest BCUT2D eigenvalue weighted by Gasteiger charge is -2.24. The normalized spacial score (nSPS) is 17.4. The van der Waals surface area contributed by atoms with Gasteiger partial charge >= 0.3 is 0 Å². The van der Waals surface area contributed by atoms with Crippen LogP contribution in [-0.2, 0) is 6.42 Å². The Morgan fingerprint density at radius 1 is 0.903 bits per heavy atom. The van der Waals surface area contributed by atoms with Crippen molar-refractivity contribution in [1.82, 2.24) is 5.32 Å². The summed E-state index contributed by atoms with van der Waals surface area (Å²) >= 11 is 0. The number of aryl methyl sites for hydroxylation is 1. The molecule has 1 heteroatoms. The quantitative estimate of drug-likeness (QED) is 0.311. The first-order chi connectivity index (χ1) is 15.3. The molecule has 0 spiro atoms. The van der Waals surface area contributed by atoms with E-state index < -0.39 is 0 Å². The first-order valence-corrected chi connectivity index (χ1v) is 11.0. The maximum absolute atomic E-state index is 3.82. The maximum atomic E-state index is 3.82. The van der Waals surface area contributed by atoms with Gasteiger partial charge in [-0.3, -0.25) is 0 Å². The van der Waals surface area contributed by atoms with Gasteiger partial charge in [0.1, 0.15) is 0 Å². The Balaban J connectivity index is 1.50. The second-order valence-corrected chi connectivity index (χ2v) is 8.01. The van der Waals surface area contributed by atoms with Crippen molar-refractivity contribution in [2.75, 3.05) is 0 Å². The lowest BCUT2D eigenvalue weighted by molar-refractivity contribution is 0.532. The highest BCUT2D eigenvalue weighted by atomic mass is 14.9. The van der Waals surface area contributed by atoms with E-state index in [1.807, 2.05) is 6.08 Å². The van der Waals surface area contributed by atoms with Crippen molar-refractivity contribution in [3.8, 4) is 0 Å². The molecule has 0 aromatic heterocycles. The molecule has 3 aromatic rings. The molecule has 1 N–H and O–H groups in total. The van der Waals surface area contributed by atoms with Crippen LogP contribution in [0, 0.1) is 0 Å². The van der Waals surface area contributed by atoms with E-state index in [2.05, 4.69) is 115 Å². The molecule has 1 aliphatic heterocycles. The number of allylic oxidation sites excluding steroid dienone is 2. The fourth-order valence-electron chi connectivity index (χ4n) is 4.45. The number of rotatable bonds is 8. The smallest absolute Gasteiger partial charge is 0.0369 e. The summed E-state index contributed by atoms with van der Waals surface area (Å²) < 4.78 is 0. The zero-order valence-corrected chi connectivity index (χ0v) is 17.9. The molecule has 1 aliphatic rings. The average molecular weight is 404 g/mol. The lowest BCUT2D eigenvalue weighted by atomic mass is 9.82. The maximum Gasteiger partial charge on any atom is 0.0369 e. The van der Waals surface area contributed by atoms with Gasteiger partial charge in [-0.15, -0.1) is 12.3 Å². The second kappa shape index (κ2) is 9.98. The van der Waals surface area contributed by atoms with Crippen LogP contribution in [0.5, 0.6) is 0 Å². The average Bonchev–Trinajstić information content (AvgIpc) is 3.27. The van der Waals surface area contributed by atoms with Crippen LogP contribution in [-0.4, -0.2) is 6.04 Å². The van der Waals surface area contributed by atoms with Crippen LogP contribution in [0.4, 0.5) is 0 Å². The highest BCUT2D eigenvalue weighted by Crippen LogP contribution is 2.39. The summed E-state index contributed by atoms with van der Waals surface area (Å²) in [5.74, 6) is 0.353. The second-order valence-electron chi connectivity index (χ2n) is 8.01. The molecule has 1 nitrogen and oxygen atoms in total. The van der Waals surface area contributed by atoms with Gasteiger partial charge in [0.2, 0.25) is 0 Å². The van der Waals surface area contributed by atoms with E-state index in [0.29, 0.717) is 12.0 Å². The predicted octanol–water partition coefficient (Wildman–Crippen LogP) is 7.16. The molecule has 0 saturated heterocycles. The van der Waals surface area contributed by atoms with E-state index in [-0.39, 0.29) is 0 Å². The molecule has 4 rings (SSSR count). The molecule has 0 fully saturated rings. The van der Waals surface area contributed by atoms with Gasteiger partial charge < -0.3 is 5.32 Å². The minimum Gasteiger partial charge on any atom is -0.387 e. The molecule has 1 heterocycles. The van der Waals surface area contributed by atoms with Crippen molar-refractivity contribution >= 4 is 11.1 Å². The number of hydrogen-bond donors (Lipinski definition) is 1. The van der Waals surface area contributed by atoms with E-state index in [0.717, 1.165) is 24.8 Å². The van der Waals surface area contributed by atoms with Gasteiger partial charge in [0.15, 0.2) is 0 Å². The number of nitrogens with one attached hydrogen (secondary N) is 1. The van der Waals surface area contributed by atoms with Crippen molar-refractivity contribution in [3.63, 3.8) is 0 Å². The standard InChI is InChI=1S/C30H29N/c1-3-11-24(4-2)25-19-16-23(17-20-25)18-21-29-30(27-14-9-6-10-15-27)28(22-31-29)26-12-7-5-8-13-26/h3,5-10,12-17,19-20,22,29-31H,1-2,11,18,21H2. The summed E-state index contributed by atoms with van der Waals surface area (Å²) in [5, 5.41) is 3.68. The molecule has 0 radical (unpaired) electrons. The SMILES string of the molecule is C=C=C(CC=C)c1ccc(CCC2NC=C(c3ccccc3)C2c2ccccc2)cc1. The molecule has 3 aromatic carbocycles. The molecule has 154 valence electrons. The van der Waals surface area contributed by atoms with Crippen LogP contribution in [0.1, 0.15) is 41.0 Å². The molecule has 2 unspecified atom stereocenters. The van der Waals surface area contributed by atoms with Crippen molar-refractivity contribution in [3.05, 3.63) is 138 Å². The molecular weight excluding hydrogens is 374 g/mol. The van der Waals surface area contributed by atoms with Gasteiger partial charge in [-0.2, -0.15) is 0 Å². The lowest BCUT2D eigenvalue weighted by Crippen LogP contribution is -2.26. The molecule has 0 saturated carbocycles. The van der Waals surface area contributed by atoms with E-state index in [9.17, 15) is 0 Å². The summed E-state index contributed by atoms with van der Waals surface area (Å²) in [5.41, 5.74) is 10.7. The van der Waals surface area contributed by atoms with Crippen molar-refractivity contribution in [2.24, 2.45) is 0 Å². The highest BCUT2D eigenvalue weighted by Gasteiger charge is 2.31. The van der Waals surface area contributed by atoms with Crippen LogP contribution in [0.25, 0.3) is 11.1 Å². The van der Waals surface area contributed by atoms with Gasteiger partial charge in [-0.05, 0) is 47.1 Å². The fourth-order valence-corrected chi connectivity index (χ4v) is 4.45. The van der Waals surface area contributed by atoms with E-state index in [1.54, 1.807) is 0 Å². The van der Waals surface area contributed by atoms with Crippen LogP contribution in [0.15, 0.2) is 116 Å². The highest BCUT2D eigenvalue weighted by molar-refractivity contribution is 5.74. The van der Waals surface area contributed by atoms with Crippen LogP contribution in [0.2, 0.25) is 0 Å². The van der Waals surface area contributed by atoms with E-state index in [1.165, 1.54) is 27.8 Å². The van der Waals surface area contributed by atoms with Gasteiger partial charge in [-0.25, -0.2) is 0 Å². The minimum atomic E-state index is 0.353. The Morgan fingerprint density at radius 2 is 1.58 bits per heavy atom. The Labute approximate surface area is 186 Å². The summed E-state index contributed by atoms with van der Waals surface area (Å²) in [6.45, 7) is 7.64. The number of benzene rings is 3. The Hall–Kier alpha value is -3.54. The number of hydrogen-bond acceptors (Lipinski definition) is 1. The summed E-state index contributed by atoms with van der Waals surface area (Å²) in [6.07, 6.45) is 7.02. The van der Waals surface area contributed by atoms with Crippen molar-refractivity contribution < 1.29 is 0 Å². The largest absolute Gasteiger partial charge is 0.387 e. The molecule has 31 heavy (non-hydrogen) atoms. The van der Waals surface area contributed by atoms with Crippen LogP contribution < -0.4 is 5.32 Å². The summed E-state index contributed by atoms with van der Waals surface area (Å²) in [6, 6.07) is 30.8. The van der Waals surface area contributed by atoms with Crippen molar-refractivity contribution in [1.29, 1.82) is 0 Å². The van der Waals surface area contributed by atoms with E-state index >= 15 is 0 Å². The Kier molecular flexibility index (Phi) is 6.67. The first kappa shape index (κ1) is 20.7. The minimum absolute atomic E-state index is 0.353. The topological polar surface area (TPSA) is 12.0 Å². The molecule has 0 amide bonds. The van der Waals surface area contributed by atoms with Crippen LogP contribution >= 0.6 is 0 Å². The zero-order chi connectivity index (χ0) is 21.5. The summed E-state index contributed by atoms with van der Waals surface area (Å²) in [7, 11) is 0. The third-order valence-corrected chi connectivity index (χ3v) is 6.06.